The van der Waals surface area contributed by atoms with Gasteiger partial charge >= 0.3 is 10.5 Å². The molecule has 0 aliphatic carbocycles. The van der Waals surface area contributed by atoms with Crippen LogP contribution in [-0.4, -0.2) is 32.4 Å². The topological polar surface area (TPSA) is 86.0 Å². The summed E-state index contributed by atoms with van der Waals surface area (Å²) in [5, 5.41) is 31.1. The number of hydrogen-bond donors (Lipinski definition) is 3. The van der Waals surface area contributed by atoms with Crippen molar-refractivity contribution < 1.29 is 19.9 Å². The highest BCUT2D eigenvalue weighted by atomic mass is 32.1. The Kier molecular flexibility index (Phi) is 4.42. The molecule has 3 N–H and O–H groups in total. The van der Waals surface area contributed by atoms with Crippen molar-refractivity contribution in [1.82, 2.24) is 4.40 Å². The summed E-state index contributed by atoms with van der Waals surface area (Å²) in [5.74, 6) is -0.172. The van der Waals surface area contributed by atoms with Gasteiger partial charge in [0.2, 0.25) is 0 Å². The number of aliphatic hydroxyl groups excluding tert-OH is 2. The molecule has 0 aliphatic heterocycles. The van der Waals surface area contributed by atoms with E-state index in [1.807, 2.05) is 30.3 Å². The van der Waals surface area contributed by atoms with Crippen LogP contribution < -0.4 is 10.1 Å². The van der Waals surface area contributed by atoms with Crippen molar-refractivity contribution >= 4 is 16.3 Å². The number of nitrogens with zero attached hydrogens (tertiary/aromatic N) is 2. The minimum absolute atomic E-state index is 0.00835. The molecule has 2 aromatic heterocycles. The first-order valence-corrected chi connectivity index (χ1v) is 8.06. The third-order valence-corrected chi connectivity index (χ3v) is 4.54. The molecule has 1 unspecified atom stereocenters. The number of thiazole rings is 1. The van der Waals surface area contributed by atoms with E-state index in [4.69, 9.17) is 5.11 Å². The minimum atomic E-state index is -1.01. The molecule has 3 aromatic rings. The molecule has 120 valence electrons. The Morgan fingerprint density at radius 2 is 2.00 bits per heavy atom. The van der Waals surface area contributed by atoms with E-state index >= 15 is 0 Å². The highest BCUT2D eigenvalue weighted by Gasteiger charge is 2.26. The normalized spacial score (nSPS) is 12.6. The summed E-state index contributed by atoms with van der Waals surface area (Å²) in [6.45, 7) is -0.411. The Labute approximate surface area is 136 Å². The Bertz CT molecular complexity index is 873. The molecule has 0 fully saturated rings. The first-order chi connectivity index (χ1) is 11.1. The molecule has 0 bridgehead atoms. The minimum Gasteiger partial charge on any atom is -0.477 e. The average molecular weight is 333 g/mol. The molecule has 0 saturated carbocycles. The van der Waals surface area contributed by atoms with Gasteiger partial charge in [0.1, 0.15) is 24.4 Å². The molecule has 0 amide bonds. The lowest BCUT2D eigenvalue weighted by Crippen LogP contribution is -2.45. The maximum Gasteiger partial charge on any atom is 0.351 e. The van der Waals surface area contributed by atoms with Crippen LogP contribution in [0.5, 0.6) is 5.88 Å². The fraction of sp³-hybridized carbons (Fsp3) is 0.250. The van der Waals surface area contributed by atoms with Crippen LogP contribution in [0.25, 0.3) is 4.96 Å². The number of aromatic nitrogens is 2. The molecular formula is C16H17N2O4S+. The Hall–Kier alpha value is -2.22. The molecule has 3 rings (SSSR count). The van der Waals surface area contributed by atoms with Gasteiger partial charge in [0.05, 0.1) is 6.61 Å². The lowest BCUT2D eigenvalue weighted by molar-refractivity contribution is -0.686. The molecule has 6 nitrogen and oxygen atoms in total. The first kappa shape index (κ1) is 15.7. The predicted octanol–water partition coefficient (Wildman–Crippen LogP) is 0.298. The van der Waals surface area contributed by atoms with Gasteiger partial charge < -0.3 is 15.3 Å². The van der Waals surface area contributed by atoms with Crippen molar-refractivity contribution in [3.8, 4) is 5.88 Å². The summed E-state index contributed by atoms with van der Waals surface area (Å²) in [6.07, 6.45) is 0.913. The quantitative estimate of drug-likeness (QED) is 0.586. The zero-order valence-electron chi connectivity index (χ0n) is 12.3. The van der Waals surface area contributed by atoms with Crippen LogP contribution in [0.2, 0.25) is 0 Å². The van der Waals surface area contributed by atoms with E-state index in [-0.39, 0.29) is 23.5 Å². The number of fused-ring (bicyclic) bond motifs is 1. The van der Waals surface area contributed by atoms with Crippen LogP contribution in [-0.2, 0) is 13.0 Å². The predicted molar refractivity (Wildman–Crippen MR) is 85.7 cm³/mol. The standard InChI is InChI=1S/C16H16N2O4S/c19-10-12(20)9-18-15(22)13(8-11-4-2-1-3-5-11)14(21)17-6-7-23-16(17)18/h1-7,12,19-20H,8-10H2/p+1. The van der Waals surface area contributed by atoms with Crippen molar-refractivity contribution in [3.63, 3.8) is 0 Å². The molecule has 0 aliphatic rings. The summed E-state index contributed by atoms with van der Waals surface area (Å²) < 4.78 is 2.91. The number of rotatable bonds is 5. The van der Waals surface area contributed by atoms with Gasteiger partial charge in [-0.25, -0.2) is 4.79 Å². The molecule has 23 heavy (non-hydrogen) atoms. The smallest absolute Gasteiger partial charge is 0.351 e. The van der Waals surface area contributed by atoms with Crippen LogP contribution in [0.3, 0.4) is 0 Å². The average Bonchev–Trinajstić information content (AvgIpc) is 3.06. The second-order valence-electron chi connectivity index (χ2n) is 5.27. The Morgan fingerprint density at radius 3 is 2.70 bits per heavy atom. The van der Waals surface area contributed by atoms with Gasteiger partial charge in [0.15, 0.2) is 0 Å². The number of aromatic hydroxyl groups is 1. The van der Waals surface area contributed by atoms with Gasteiger partial charge in [-0.2, -0.15) is 8.97 Å². The zero-order valence-corrected chi connectivity index (χ0v) is 13.1. The van der Waals surface area contributed by atoms with E-state index in [2.05, 4.69) is 0 Å². The fourth-order valence-corrected chi connectivity index (χ4v) is 3.35. The van der Waals surface area contributed by atoms with Crippen LogP contribution in [0, 0.1) is 0 Å². The molecule has 1 aromatic carbocycles. The number of hydrogen-bond acceptors (Lipinski definition) is 5. The van der Waals surface area contributed by atoms with E-state index in [9.17, 15) is 15.0 Å². The van der Waals surface area contributed by atoms with E-state index in [1.54, 1.807) is 11.6 Å². The Morgan fingerprint density at radius 1 is 1.26 bits per heavy atom. The van der Waals surface area contributed by atoms with E-state index in [0.29, 0.717) is 11.4 Å². The molecule has 2 heterocycles. The molecule has 1 atom stereocenters. The summed E-state index contributed by atoms with van der Waals surface area (Å²) in [7, 11) is 0. The highest BCUT2D eigenvalue weighted by molar-refractivity contribution is 7.14. The lowest BCUT2D eigenvalue weighted by Gasteiger charge is -2.10. The van der Waals surface area contributed by atoms with Crippen LogP contribution in [0.1, 0.15) is 11.1 Å². The van der Waals surface area contributed by atoms with E-state index in [0.717, 1.165) is 5.56 Å². The third-order valence-electron chi connectivity index (χ3n) is 3.65. The van der Waals surface area contributed by atoms with Crippen molar-refractivity contribution in [1.29, 1.82) is 0 Å². The summed E-state index contributed by atoms with van der Waals surface area (Å²) in [5.41, 5.74) is 0.888. The number of aliphatic hydroxyl groups is 2. The monoisotopic (exact) mass is 333 g/mol. The van der Waals surface area contributed by atoms with Crippen LogP contribution in [0.4, 0.5) is 0 Å². The van der Waals surface area contributed by atoms with Gasteiger partial charge in [0.25, 0.3) is 5.88 Å². The zero-order chi connectivity index (χ0) is 16.4. The van der Waals surface area contributed by atoms with Crippen LogP contribution in [0.15, 0.2) is 46.7 Å². The molecule has 0 radical (unpaired) electrons. The number of benzene rings is 1. The van der Waals surface area contributed by atoms with Gasteiger partial charge in [-0.1, -0.05) is 41.7 Å². The second kappa shape index (κ2) is 6.49. The van der Waals surface area contributed by atoms with Gasteiger partial charge in [-0.3, -0.25) is 0 Å². The van der Waals surface area contributed by atoms with Crippen molar-refractivity contribution in [2.24, 2.45) is 0 Å². The molecule has 0 saturated heterocycles. The maximum absolute atomic E-state index is 12.6. The molecule has 0 spiro atoms. The molecular weight excluding hydrogens is 316 g/mol. The SMILES string of the molecule is O=c1c(Cc2ccccc2)c(O)[n+](CC(O)CO)c2sccn12. The van der Waals surface area contributed by atoms with Crippen molar-refractivity contribution in [2.75, 3.05) is 6.61 Å². The van der Waals surface area contributed by atoms with Crippen LogP contribution >= 0.6 is 11.3 Å². The Balaban J connectivity index is 2.15. The lowest BCUT2D eigenvalue weighted by atomic mass is 10.1. The first-order valence-electron chi connectivity index (χ1n) is 7.18. The summed E-state index contributed by atoms with van der Waals surface area (Å²) >= 11 is 1.28. The summed E-state index contributed by atoms with van der Waals surface area (Å²) in [6, 6.07) is 9.39. The molecule has 7 heteroatoms. The van der Waals surface area contributed by atoms with Gasteiger partial charge in [-0.15, -0.1) is 0 Å². The second-order valence-corrected chi connectivity index (χ2v) is 6.15. The maximum atomic E-state index is 12.6. The van der Waals surface area contributed by atoms with Crippen molar-refractivity contribution in [2.45, 2.75) is 19.1 Å². The van der Waals surface area contributed by atoms with E-state index in [1.165, 1.54) is 20.3 Å². The van der Waals surface area contributed by atoms with Gasteiger partial charge in [0, 0.05) is 11.8 Å². The summed E-state index contributed by atoms with van der Waals surface area (Å²) in [4.78, 5) is 13.1. The largest absolute Gasteiger partial charge is 0.477 e. The highest BCUT2D eigenvalue weighted by Crippen LogP contribution is 2.17. The fourth-order valence-electron chi connectivity index (χ4n) is 2.50. The van der Waals surface area contributed by atoms with E-state index < -0.39 is 12.7 Å². The van der Waals surface area contributed by atoms with Gasteiger partial charge in [-0.05, 0) is 5.56 Å². The van der Waals surface area contributed by atoms with Crippen molar-refractivity contribution in [3.05, 3.63) is 63.4 Å². The third kappa shape index (κ3) is 2.98.